The molecule has 96 valence electrons. The van der Waals surface area contributed by atoms with Crippen LogP contribution in [0.2, 0.25) is 0 Å². The molecule has 7 heteroatoms. The molecule has 0 aliphatic rings. The van der Waals surface area contributed by atoms with Gasteiger partial charge in [-0.05, 0) is 12.3 Å². The van der Waals surface area contributed by atoms with Gasteiger partial charge in [-0.15, -0.1) is 10.2 Å². The Kier molecular flexibility index (Phi) is 4.60. The molecular weight excluding hydrogens is 278 g/mol. The van der Waals surface area contributed by atoms with E-state index in [2.05, 4.69) is 10.2 Å². The van der Waals surface area contributed by atoms with Crippen molar-refractivity contribution >= 4 is 23.5 Å². The van der Waals surface area contributed by atoms with Gasteiger partial charge in [0, 0.05) is 11.3 Å². The lowest BCUT2D eigenvalue weighted by Gasteiger charge is -2.00. The Morgan fingerprint density at radius 2 is 2.06 bits per heavy atom. The van der Waals surface area contributed by atoms with E-state index in [1.807, 2.05) is 6.26 Å². The van der Waals surface area contributed by atoms with Gasteiger partial charge in [0.1, 0.15) is 0 Å². The van der Waals surface area contributed by atoms with Crippen molar-refractivity contribution in [2.45, 2.75) is 16.7 Å². The summed E-state index contributed by atoms with van der Waals surface area (Å²) in [6.45, 7) is 0. The van der Waals surface area contributed by atoms with Crippen molar-refractivity contribution in [3.05, 3.63) is 41.3 Å². The molecule has 2 aromatic rings. The minimum Gasteiger partial charge on any atom is -0.415 e. The summed E-state index contributed by atoms with van der Waals surface area (Å²) in [6, 6.07) is 4.10. The van der Waals surface area contributed by atoms with Gasteiger partial charge < -0.3 is 4.42 Å². The topological polar surface area (TPSA) is 38.9 Å². The summed E-state index contributed by atoms with van der Waals surface area (Å²) in [4.78, 5) is 0. The second-order valence-electron chi connectivity index (χ2n) is 3.40. The molecule has 1 aromatic carbocycles. The Labute approximate surface area is 111 Å². The summed E-state index contributed by atoms with van der Waals surface area (Å²) in [7, 11) is 0. The smallest absolute Gasteiger partial charge is 0.276 e. The third-order valence-electron chi connectivity index (χ3n) is 2.10. The SMILES string of the molecule is CSCc1nnc(SCc2cccc(F)c2F)o1. The summed E-state index contributed by atoms with van der Waals surface area (Å²) < 4.78 is 31.7. The molecule has 3 nitrogen and oxygen atoms in total. The van der Waals surface area contributed by atoms with Crippen LogP contribution in [-0.2, 0) is 11.5 Å². The van der Waals surface area contributed by atoms with Gasteiger partial charge in [-0.3, -0.25) is 0 Å². The lowest BCUT2D eigenvalue weighted by Crippen LogP contribution is -1.91. The highest BCUT2D eigenvalue weighted by atomic mass is 32.2. The summed E-state index contributed by atoms with van der Waals surface area (Å²) in [6.07, 6.45) is 1.93. The Bertz CT molecular complexity index is 534. The molecule has 0 fully saturated rings. The van der Waals surface area contributed by atoms with Crippen molar-refractivity contribution in [2.75, 3.05) is 6.26 Å². The van der Waals surface area contributed by atoms with Crippen molar-refractivity contribution in [3.8, 4) is 0 Å². The molecule has 0 N–H and O–H groups in total. The van der Waals surface area contributed by atoms with Gasteiger partial charge in [0.15, 0.2) is 11.6 Å². The predicted octanol–water partition coefficient (Wildman–Crippen LogP) is 3.50. The van der Waals surface area contributed by atoms with Crippen molar-refractivity contribution in [1.82, 2.24) is 10.2 Å². The van der Waals surface area contributed by atoms with E-state index in [4.69, 9.17) is 4.42 Å². The van der Waals surface area contributed by atoms with Crippen molar-refractivity contribution in [3.63, 3.8) is 0 Å². The molecule has 2 rings (SSSR count). The van der Waals surface area contributed by atoms with Crippen molar-refractivity contribution in [2.24, 2.45) is 0 Å². The molecule has 0 spiro atoms. The van der Waals surface area contributed by atoms with Gasteiger partial charge in [-0.25, -0.2) is 8.78 Å². The fourth-order valence-corrected chi connectivity index (χ4v) is 2.40. The summed E-state index contributed by atoms with van der Waals surface area (Å²) in [5.74, 6) is -0.243. The molecule has 0 bridgehead atoms. The van der Waals surface area contributed by atoms with Gasteiger partial charge in [0.2, 0.25) is 5.89 Å². The first kappa shape index (κ1) is 13.4. The fraction of sp³-hybridized carbons (Fsp3) is 0.273. The fourth-order valence-electron chi connectivity index (χ4n) is 1.28. The lowest BCUT2D eigenvalue weighted by molar-refractivity contribution is 0.426. The van der Waals surface area contributed by atoms with Crippen LogP contribution in [0, 0.1) is 11.6 Å². The first-order valence-electron chi connectivity index (χ1n) is 5.07. The van der Waals surface area contributed by atoms with Gasteiger partial charge in [-0.1, -0.05) is 23.9 Å². The number of benzene rings is 1. The molecule has 0 atom stereocenters. The number of rotatable bonds is 5. The number of halogens is 2. The van der Waals surface area contributed by atoms with Crippen LogP contribution in [-0.4, -0.2) is 16.5 Å². The monoisotopic (exact) mass is 288 g/mol. The largest absolute Gasteiger partial charge is 0.415 e. The normalized spacial score (nSPS) is 10.8. The van der Waals surface area contributed by atoms with Crippen LogP contribution in [0.1, 0.15) is 11.5 Å². The van der Waals surface area contributed by atoms with Crippen LogP contribution in [0.5, 0.6) is 0 Å². The van der Waals surface area contributed by atoms with Crippen LogP contribution in [0.3, 0.4) is 0 Å². The predicted molar refractivity (Wildman–Crippen MR) is 67.4 cm³/mol. The minimum absolute atomic E-state index is 0.254. The van der Waals surface area contributed by atoms with Gasteiger partial charge in [-0.2, -0.15) is 11.8 Å². The van der Waals surface area contributed by atoms with E-state index in [1.165, 1.54) is 23.9 Å². The summed E-state index contributed by atoms with van der Waals surface area (Å²) in [5, 5.41) is 8.01. The standard InChI is InChI=1S/C11H10F2N2OS2/c1-17-6-9-14-15-11(16-9)18-5-7-3-2-4-8(12)10(7)13/h2-4H,5-6H2,1H3. The Morgan fingerprint density at radius 1 is 1.22 bits per heavy atom. The summed E-state index contributed by atoms with van der Waals surface area (Å²) >= 11 is 2.76. The number of hydrogen-bond acceptors (Lipinski definition) is 5. The zero-order valence-corrected chi connectivity index (χ0v) is 11.2. The lowest BCUT2D eigenvalue weighted by atomic mass is 10.2. The molecule has 0 saturated carbocycles. The van der Waals surface area contributed by atoms with E-state index in [0.717, 1.165) is 6.07 Å². The van der Waals surface area contributed by atoms with Gasteiger partial charge in [0.05, 0.1) is 5.75 Å². The maximum atomic E-state index is 13.4. The zero-order chi connectivity index (χ0) is 13.0. The molecule has 1 heterocycles. The maximum absolute atomic E-state index is 13.4. The number of aromatic nitrogens is 2. The second kappa shape index (κ2) is 6.19. The van der Waals surface area contributed by atoms with E-state index < -0.39 is 11.6 Å². The van der Waals surface area contributed by atoms with Gasteiger partial charge in [0.25, 0.3) is 5.22 Å². The average molecular weight is 288 g/mol. The summed E-state index contributed by atoms with van der Waals surface area (Å²) in [5.41, 5.74) is 0.282. The van der Waals surface area contributed by atoms with E-state index in [9.17, 15) is 8.78 Å². The first-order valence-corrected chi connectivity index (χ1v) is 7.45. The van der Waals surface area contributed by atoms with Crippen molar-refractivity contribution in [1.29, 1.82) is 0 Å². The highest BCUT2D eigenvalue weighted by molar-refractivity contribution is 7.98. The van der Waals surface area contributed by atoms with E-state index in [-0.39, 0.29) is 11.3 Å². The second-order valence-corrected chi connectivity index (χ2v) is 5.19. The first-order chi connectivity index (χ1) is 8.70. The third-order valence-corrected chi connectivity index (χ3v) is 3.50. The van der Waals surface area contributed by atoms with Crippen LogP contribution in [0.25, 0.3) is 0 Å². The van der Waals surface area contributed by atoms with Crippen LogP contribution < -0.4 is 0 Å². The number of thioether (sulfide) groups is 2. The number of nitrogens with zero attached hydrogens (tertiary/aromatic N) is 2. The molecule has 0 unspecified atom stereocenters. The number of hydrogen-bond donors (Lipinski definition) is 0. The Balaban J connectivity index is 2.00. The Hall–Kier alpha value is -1.08. The maximum Gasteiger partial charge on any atom is 0.276 e. The highest BCUT2D eigenvalue weighted by Crippen LogP contribution is 2.24. The quantitative estimate of drug-likeness (QED) is 0.787. The van der Waals surface area contributed by atoms with E-state index >= 15 is 0 Å². The van der Waals surface area contributed by atoms with Crippen LogP contribution in [0.15, 0.2) is 27.8 Å². The molecule has 1 aromatic heterocycles. The highest BCUT2D eigenvalue weighted by Gasteiger charge is 2.11. The molecule has 0 aliphatic carbocycles. The zero-order valence-electron chi connectivity index (χ0n) is 9.52. The van der Waals surface area contributed by atoms with Crippen LogP contribution >= 0.6 is 23.5 Å². The molecule has 0 amide bonds. The third kappa shape index (κ3) is 3.23. The molecular formula is C11H10F2N2OS2. The van der Waals surface area contributed by atoms with E-state index in [1.54, 1.807) is 11.8 Å². The van der Waals surface area contributed by atoms with Crippen molar-refractivity contribution < 1.29 is 13.2 Å². The molecule has 0 aliphatic heterocycles. The molecule has 18 heavy (non-hydrogen) atoms. The van der Waals surface area contributed by atoms with Gasteiger partial charge >= 0.3 is 0 Å². The average Bonchev–Trinajstić information content (AvgIpc) is 2.79. The minimum atomic E-state index is -0.846. The molecule has 0 radical (unpaired) electrons. The van der Waals surface area contributed by atoms with E-state index in [0.29, 0.717) is 16.9 Å². The molecule has 0 saturated heterocycles. The van der Waals surface area contributed by atoms with Crippen LogP contribution in [0.4, 0.5) is 8.78 Å². The Morgan fingerprint density at radius 3 is 2.83 bits per heavy atom.